The zero-order valence-corrected chi connectivity index (χ0v) is 14.5. The van der Waals surface area contributed by atoms with E-state index in [2.05, 4.69) is 39.9 Å². The standard InChI is InChI=1S/C22H21N3O/c26-22(18-5-3-13-23-15-18)25-19-10-7-16(8-11-19)14-24-21-12-9-17-4-1-2-6-20(17)21/h1-8,10-11,13,15,21,24H,9,12,14H2,(H,25,26)/t21-/m1/s1. The number of rotatable bonds is 5. The molecule has 4 nitrogen and oxygen atoms in total. The SMILES string of the molecule is O=C(Nc1ccc(CN[C@@H]2CCc3ccccc32)cc1)c1cccnc1. The first-order valence-corrected chi connectivity index (χ1v) is 8.91. The van der Waals surface area contributed by atoms with Gasteiger partial charge in [-0.2, -0.15) is 0 Å². The van der Waals surface area contributed by atoms with Gasteiger partial charge in [0.1, 0.15) is 0 Å². The number of aromatic nitrogens is 1. The fourth-order valence-electron chi connectivity index (χ4n) is 3.42. The minimum atomic E-state index is -0.147. The number of hydrogen-bond donors (Lipinski definition) is 2. The number of aryl methyl sites for hydroxylation is 1. The van der Waals surface area contributed by atoms with Gasteiger partial charge >= 0.3 is 0 Å². The van der Waals surface area contributed by atoms with Crippen molar-refractivity contribution in [2.24, 2.45) is 0 Å². The molecule has 2 aromatic carbocycles. The third-order valence-electron chi connectivity index (χ3n) is 4.82. The van der Waals surface area contributed by atoms with Crippen LogP contribution in [0.1, 0.15) is 39.5 Å². The Kier molecular flexibility index (Phi) is 4.75. The average molecular weight is 343 g/mol. The molecule has 0 saturated carbocycles. The van der Waals surface area contributed by atoms with E-state index in [0.717, 1.165) is 25.1 Å². The van der Waals surface area contributed by atoms with Crippen LogP contribution in [0.2, 0.25) is 0 Å². The predicted octanol–water partition coefficient (Wildman–Crippen LogP) is 4.11. The zero-order valence-electron chi connectivity index (χ0n) is 14.5. The maximum absolute atomic E-state index is 12.2. The van der Waals surface area contributed by atoms with Crippen molar-refractivity contribution in [3.63, 3.8) is 0 Å². The second-order valence-corrected chi connectivity index (χ2v) is 6.56. The lowest BCUT2D eigenvalue weighted by Crippen LogP contribution is -2.18. The monoisotopic (exact) mass is 343 g/mol. The number of hydrogen-bond acceptors (Lipinski definition) is 3. The van der Waals surface area contributed by atoms with Crippen LogP contribution in [-0.4, -0.2) is 10.9 Å². The van der Waals surface area contributed by atoms with Gasteiger partial charge in [0.2, 0.25) is 0 Å². The summed E-state index contributed by atoms with van der Waals surface area (Å²) >= 11 is 0. The lowest BCUT2D eigenvalue weighted by atomic mass is 10.1. The van der Waals surface area contributed by atoms with Gasteiger partial charge in [-0.3, -0.25) is 9.78 Å². The average Bonchev–Trinajstić information content (AvgIpc) is 3.11. The van der Waals surface area contributed by atoms with Gasteiger partial charge in [-0.25, -0.2) is 0 Å². The van der Waals surface area contributed by atoms with Crippen LogP contribution in [-0.2, 0) is 13.0 Å². The summed E-state index contributed by atoms with van der Waals surface area (Å²) in [4.78, 5) is 16.1. The minimum absolute atomic E-state index is 0.147. The number of carbonyl (C=O) groups is 1. The normalized spacial score (nSPS) is 15.5. The minimum Gasteiger partial charge on any atom is -0.322 e. The summed E-state index contributed by atoms with van der Waals surface area (Å²) in [5.41, 5.74) is 5.42. The highest BCUT2D eigenvalue weighted by molar-refractivity contribution is 6.03. The first-order valence-electron chi connectivity index (χ1n) is 8.91. The van der Waals surface area contributed by atoms with Gasteiger partial charge in [0.15, 0.2) is 0 Å². The molecule has 1 heterocycles. The Morgan fingerprint density at radius 3 is 2.69 bits per heavy atom. The Morgan fingerprint density at radius 1 is 1.04 bits per heavy atom. The summed E-state index contributed by atoms with van der Waals surface area (Å²) in [5.74, 6) is -0.147. The van der Waals surface area contributed by atoms with Gasteiger partial charge in [-0.1, -0.05) is 36.4 Å². The second-order valence-electron chi connectivity index (χ2n) is 6.56. The van der Waals surface area contributed by atoms with Crippen LogP contribution >= 0.6 is 0 Å². The van der Waals surface area contributed by atoms with Crippen molar-refractivity contribution in [1.82, 2.24) is 10.3 Å². The summed E-state index contributed by atoms with van der Waals surface area (Å²) in [5, 5.41) is 6.54. The Hall–Kier alpha value is -2.98. The molecular formula is C22H21N3O. The molecule has 0 spiro atoms. The van der Waals surface area contributed by atoms with Crippen LogP contribution in [0.4, 0.5) is 5.69 Å². The van der Waals surface area contributed by atoms with Gasteiger partial charge in [-0.15, -0.1) is 0 Å². The fourth-order valence-corrected chi connectivity index (χ4v) is 3.42. The maximum Gasteiger partial charge on any atom is 0.257 e. The van der Waals surface area contributed by atoms with Crippen LogP contribution in [0.3, 0.4) is 0 Å². The van der Waals surface area contributed by atoms with E-state index in [0.29, 0.717) is 11.6 Å². The Labute approximate surface area is 153 Å². The Bertz CT molecular complexity index is 891. The molecular weight excluding hydrogens is 322 g/mol. The van der Waals surface area contributed by atoms with Crippen molar-refractivity contribution in [3.05, 3.63) is 95.3 Å². The Morgan fingerprint density at radius 2 is 1.88 bits per heavy atom. The van der Waals surface area contributed by atoms with E-state index in [1.165, 1.54) is 16.7 Å². The molecule has 2 N–H and O–H groups in total. The van der Waals surface area contributed by atoms with Gasteiger partial charge in [0.25, 0.3) is 5.91 Å². The van der Waals surface area contributed by atoms with Crippen molar-refractivity contribution in [2.45, 2.75) is 25.4 Å². The van der Waals surface area contributed by atoms with E-state index < -0.39 is 0 Å². The van der Waals surface area contributed by atoms with Gasteiger partial charge in [0, 0.05) is 30.7 Å². The molecule has 0 bridgehead atoms. The summed E-state index contributed by atoms with van der Waals surface area (Å²) in [6.45, 7) is 0.815. The van der Waals surface area contributed by atoms with Gasteiger partial charge in [-0.05, 0) is 53.8 Å². The molecule has 0 fully saturated rings. The Balaban J connectivity index is 1.34. The fraction of sp³-hybridized carbons (Fsp3) is 0.182. The van der Waals surface area contributed by atoms with E-state index in [9.17, 15) is 4.79 Å². The van der Waals surface area contributed by atoms with Gasteiger partial charge < -0.3 is 10.6 Å². The second kappa shape index (κ2) is 7.50. The molecule has 4 heteroatoms. The summed E-state index contributed by atoms with van der Waals surface area (Å²) < 4.78 is 0. The molecule has 0 saturated heterocycles. The van der Waals surface area contributed by atoms with Crippen molar-refractivity contribution in [2.75, 3.05) is 5.32 Å². The molecule has 0 unspecified atom stereocenters. The van der Waals surface area contributed by atoms with Crippen LogP contribution in [0.5, 0.6) is 0 Å². The lowest BCUT2D eigenvalue weighted by Gasteiger charge is -2.14. The topological polar surface area (TPSA) is 54.0 Å². The van der Waals surface area contributed by atoms with E-state index in [1.54, 1.807) is 24.5 Å². The number of pyridine rings is 1. The number of anilines is 1. The summed E-state index contributed by atoms with van der Waals surface area (Å²) in [6.07, 6.45) is 5.51. The van der Waals surface area contributed by atoms with Crippen LogP contribution in [0.25, 0.3) is 0 Å². The maximum atomic E-state index is 12.2. The van der Waals surface area contributed by atoms with E-state index >= 15 is 0 Å². The molecule has 1 atom stereocenters. The number of nitrogens with zero attached hydrogens (tertiary/aromatic N) is 1. The van der Waals surface area contributed by atoms with Crippen LogP contribution in [0, 0.1) is 0 Å². The smallest absolute Gasteiger partial charge is 0.257 e. The largest absolute Gasteiger partial charge is 0.322 e. The highest BCUT2D eigenvalue weighted by Crippen LogP contribution is 2.30. The molecule has 0 radical (unpaired) electrons. The van der Waals surface area contributed by atoms with Gasteiger partial charge in [0.05, 0.1) is 5.56 Å². The molecule has 130 valence electrons. The molecule has 3 aromatic rings. The molecule has 1 amide bonds. The number of nitrogens with one attached hydrogen (secondary N) is 2. The predicted molar refractivity (Wildman–Crippen MR) is 103 cm³/mol. The van der Waals surface area contributed by atoms with E-state index in [4.69, 9.17) is 0 Å². The highest BCUT2D eigenvalue weighted by Gasteiger charge is 2.20. The zero-order chi connectivity index (χ0) is 17.8. The van der Waals surface area contributed by atoms with E-state index in [-0.39, 0.29) is 5.91 Å². The lowest BCUT2D eigenvalue weighted by molar-refractivity contribution is 0.102. The van der Waals surface area contributed by atoms with E-state index in [1.807, 2.05) is 24.3 Å². The number of benzene rings is 2. The quantitative estimate of drug-likeness (QED) is 0.733. The van der Waals surface area contributed by atoms with Crippen molar-refractivity contribution < 1.29 is 4.79 Å². The first kappa shape index (κ1) is 16.5. The first-order chi connectivity index (χ1) is 12.8. The summed E-state index contributed by atoms with van der Waals surface area (Å²) in [6, 6.07) is 20.6. The van der Waals surface area contributed by atoms with Crippen molar-refractivity contribution in [1.29, 1.82) is 0 Å². The molecule has 1 aromatic heterocycles. The number of amides is 1. The molecule has 1 aliphatic carbocycles. The molecule has 4 rings (SSSR count). The summed E-state index contributed by atoms with van der Waals surface area (Å²) in [7, 11) is 0. The number of fused-ring (bicyclic) bond motifs is 1. The molecule has 26 heavy (non-hydrogen) atoms. The third kappa shape index (κ3) is 3.65. The molecule has 0 aliphatic heterocycles. The third-order valence-corrected chi connectivity index (χ3v) is 4.82. The molecule has 1 aliphatic rings. The van der Waals surface area contributed by atoms with Crippen LogP contribution in [0.15, 0.2) is 73.1 Å². The number of carbonyl (C=O) groups excluding carboxylic acids is 1. The van der Waals surface area contributed by atoms with Crippen molar-refractivity contribution >= 4 is 11.6 Å². The van der Waals surface area contributed by atoms with Crippen LogP contribution < -0.4 is 10.6 Å². The van der Waals surface area contributed by atoms with Crippen molar-refractivity contribution in [3.8, 4) is 0 Å². The highest BCUT2D eigenvalue weighted by atomic mass is 16.1.